The number of nitro benzene ring substituents is 1. The summed E-state index contributed by atoms with van der Waals surface area (Å²) >= 11 is 5.64. The van der Waals surface area contributed by atoms with Gasteiger partial charge in [-0.2, -0.15) is 26.3 Å². The summed E-state index contributed by atoms with van der Waals surface area (Å²) in [4.78, 5) is 9.45. The predicted molar refractivity (Wildman–Crippen MR) is 74.6 cm³/mol. The molecule has 0 aliphatic carbocycles. The van der Waals surface area contributed by atoms with Crippen LogP contribution in [0.2, 0.25) is 5.02 Å². The Balaban J connectivity index is 2.40. The van der Waals surface area contributed by atoms with Crippen LogP contribution in [0, 0.1) is 10.1 Å². The molecule has 0 fully saturated rings. The number of halogens is 7. The Kier molecular flexibility index (Phi) is 4.85. The van der Waals surface area contributed by atoms with Gasteiger partial charge in [0.05, 0.1) is 15.5 Å². The van der Waals surface area contributed by atoms with Crippen LogP contribution < -0.4 is 4.74 Å². The highest BCUT2D eigenvalue weighted by Gasteiger charge is 2.38. The van der Waals surface area contributed by atoms with Gasteiger partial charge in [0, 0.05) is 6.07 Å². The van der Waals surface area contributed by atoms with Crippen LogP contribution in [-0.2, 0) is 12.4 Å². The van der Waals surface area contributed by atoms with E-state index in [1.165, 1.54) is 0 Å². The van der Waals surface area contributed by atoms with E-state index in [0.717, 1.165) is 12.1 Å². The van der Waals surface area contributed by atoms with Gasteiger partial charge >= 0.3 is 12.4 Å². The second-order valence-corrected chi connectivity index (χ2v) is 5.09. The van der Waals surface area contributed by atoms with Gasteiger partial charge in [0.15, 0.2) is 0 Å². The average Bonchev–Trinajstić information content (AvgIpc) is 2.47. The van der Waals surface area contributed by atoms with E-state index in [1.807, 2.05) is 0 Å². The van der Waals surface area contributed by atoms with Crippen LogP contribution in [0.25, 0.3) is 0 Å². The number of alkyl halides is 6. The van der Waals surface area contributed by atoms with Crippen molar-refractivity contribution in [2.45, 2.75) is 12.4 Å². The van der Waals surface area contributed by atoms with E-state index >= 15 is 0 Å². The van der Waals surface area contributed by atoms with Crippen LogP contribution in [0.4, 0.5) is 32.0 Å². The van der Waals surface area contributed by atoms with Gasteiger partial charge in [-0.15, -0.1) is 0 Å². The number of ether oxygens (including phenoxy) is 1. The fourth-order valence-corrected chi connectivity index (χ4v) is 2.07. The molecule has 2 rings (SSSR count). The molecule has 4 nitrogen and oxygen atoms in total. The Morgan fingerprint density at radius 3 is 2.08 bits per heavy atom. The Morgan fingerprint density at radius 1 is 0.960 bits per heavy atom. The third-order valence-corrected chi connectivity index (χ3v) is 3.25. The standard InChI is InChI=1S/C14H6ClF6NO3/c15-10-5-7(13(16,17)18)1-4-12(10)25-8-2-3-11(22(23)24)9(6-8)14(19,20)21/h1-6H. The molecule has 0 atom stereocenters. The highest BCUT2D eigenvalue weighted by molar-refractivity contribution is 6.32. The number of rotatable bonds is 3. The van der Waals surface area contributed by atoms with Gasteiger partial charge in [-0.1, -0.05) is 11.6 Å². The second kappa shape index (κ2) is 6.43. The molecule has 0 bridgehead atoms. The van der Waals surface area contributed by atoms with Crippen molar-refractivity contribution in [1.29, 1.82) is 0 Å². The van der Waals surface area contributed by atoms with Crippen LogP contribution in [0.1, 0.15) is 11.1 Å². The molecule has 0 unspecified atom stereocenters. The third-order valence-electron chi connectivity index (χ3n) is 2.96. The maximum absolute atomic E-state index is 12.9. The molecule has 134 valence electrons. The Bertz CT molecular complexity index is 819. The summed E-state index contributed by atoms with van der Waals surface area (Å²) in [5, 5.41) is 10.2. The molecule has 11 heteroatoms. The van der Waals surface area contributed by atoms with Gasteiger partial charge < -0.3 is 4.74 Å². The highest BCUT2D eigenvalue weighted by atomic mass is 35.5. The maximum Gasteiger partial charge on any atom is 0.423 e. The monoisotopic (exact) mass is 385 g/mol. The van der Waals surface area contributed by atoms with Gasteiger partial charge in [-0.3, -0.25) is 10.1 Å². The molecule has 0 spiro atoms. The molecule has 0 aliphatic heterocycles. The Labute approximate surface area is 140 Å². The molecule has 0 heterocycles. The van der Waals surface area contributed by atoms with Crippen LogP contribution in [0.5, 0.6) is 11.5 Å². The number of benzene rings is 2. The predicted octanol–water partition coefficient (Wildman–Crippen LogP) is 6.08. The quantitative estimate of drug-likeness (QED) is 0.365. The average molecular weight is 386 g/mol. The molecular weight excluding hydrogens is 380 g/mol. The van der Waals surface area contributed by atoms with E-state index < -0.39 is 44.9 Å². The smallest absolute Gasteiger partial charge is 0.423 e. The van der Waals surface area contributed by atoms with Crippen molar-refractivity contribution in [2.75, 3.05) is 0 Å². The molecule has 2 aromatic carbocycles. The molecule has 2 aromatic rings. The zero-order valence-electron chi connectivity index (χ0n) is 11.8. The molecule has 25 heavy (non-hydrogen) atoms. The zero-order chi connectivity index (χ0) is 19.0. The van der Waals surface area contributed by atoms with Gasteiger partial charge in [-0.05, 0) is 30.3 Å². The van der Waals surface area contributed by atoms with Crippen LogP contribution in [0.3, 0.4) is 0 Å². The fourth-order valence-electron chi connectivity index (χ4n) is 1.85. The van der Waals surface area contributed by atoms with Crippen molar-refractivity contribution >= 4 is 17.3 Å². The maximum atomic E-state index is 12.9. The summed E-state index contributed by atoms with van der Waals surface area (Å²) in [5.41, 5.74) is -3.80. The minimum absolute atomic E-state index is 0.336. The molecule has 0 aromatic heterocycles. The molecular formula is C14H6ClF6NO3. The summed E-state index contributed by atoms with van der Waals surface area (Å²) in [5.74, 6) is -0.809. The summed E-state index contributed by atoms with van der Waals surface area (Å²) < 4.78 is 81.3. The molecule has 0 saturated heterocycles. The van der Waals surface area contributed by atoms with Crippen LogP contribution in [-0.4, -0.2) is 4.92 Å². The SMILES string of the molecule is O=[N+]([O-])c1ccc(Oc2ccc(C(F)(F)F)cc2Cl)cc1C(F)(F)F. The first-order valence-corrected chi connectivity index (χ1v) is 6.67. The van der Waals surface area contributed by atoms with Crippen molar-refractivity contribution in [1.82, 2.24) is 0 Å². The first-order chi connectivity index (χ1) is 11.4. The number of nitro groups is 1. The molecule has 0 aliphatic rings. The lowest BCUT2D eigenvalue weighted by Gasteiger charge is -2.13. The molecule has 0 saturated carbocycles. The van der Waals surface area contributed by atoms with Gasteiger partial charge in [0.2, 0.25) is 0 Å². The third kappa shape index (κ3) is 4.32. The normalized spacial score (nSPS) is 12.1. The lowest BCUT2D eigenvalue weighted by Crippen LogP contribution is -2.09. The second-order valence-electron chi connectivity index (χ2n) is 4.68. The van der Waals surface area contributed by atoms with E-state index in [2.05, 4.69) is 0 Å². The fraction of sp³-hybridized carbons (Fsp3) is 0.143. The first-order valence-electron chi connectivity index (χ1n) is 6.30. The lowest BCUT2D eigenvalue weighted by molar-refractivity contribution is -0.388. The minimum atomic E-state index is -5.02. The minimum Gasteiger partial charge on any atom is -0.456 e. The van der Waals surface area contributed by atoms with Crippen LogP contribution in [0.15, 0.2) is 36.4 Å². The summed E-state index contributed by atoms with van der Waals surface area (Å²) in [7, 11) is 0. The molecule has 0 N–H and O–H groups in total. The van der Waals surface area contributed by atoms with Gasteiger partial charge in [0.1, 0.15) is 17.1 Å². The Morgan fingerprint density at radius 2 is 1.60 bits per heavy atom. The van der Waals surface area contributed by atoms with Crippen molar-refractivity contribution in [3.63, 3.8) is 0 Å². The molecule has 0 radical (unpaired) electrons. The highest BCUT2D eigenvalue weighted by Crippen LogP contribution is 2.40. The topological polar surface area (TPSA) is 52.4 Å². The van der Waals surface area contributed by atoms with Gasteiger partial charge in [-0.25, -0.2) is 0 Å². The number of nitrogens with zero attached hydrogens (tertiary/aromatic N) is 1. The molecule has 0 amide bonds. The Hall–Kier alpha value is -2.49. The van der Waals surface area contributed by atoms with E-state index in [9.17, 15) is 36.5 Å². The largest absolute Gasteiger partial charge is 0.456 e. The summed E-state index contributed by atoms with van der Waals surface area (Å²) in [6.45, 7) is 0. The number of hydrogen-bond donors (Lipinski definition) is 0. The van der Waals surface area contributed by atoms with Crippen LogP contribution >= 0.6 is 11.6 Å². The van der Waals surface area contributed by atoms with E-state index in [-0.39, 0.29) is 5.75 Å². The van der Waals surface area contributed by atoms with Crippen molar-refractivity contribution in [2.24, 2.45) is 0 Å². The first kappa shape index (κ1) is 18.8. The van der Waals surface area contributed by atoms with E-state index in [0.29, 0.717) is 24.3 Å². The summed E-state index contributed by atoms with van der Waals surface area (Å²) in [6.07, 6.45) is -9.68. The number of hydrogen-bond acceptors (Lipinski definition) is 3. The van der Waals surface area contributed by atoms with Crippen molar-refractivity contribution in [3.8, 4) is 11.5 Å². The van der Waals surface area contributed by atoms with Gasteiger partial charge in [0.25, 0.3) is 5.69 Å². The van der Waals surface area contributed by atoms with E-state index in [4.69, 9.17) is 16.3 Å². The zero-order valence-corrected chi connectivity index (χ0v) is 12.5. The van der Waals surface area contributed by atoms with Crippen molar-refractivity contribution in [3.05, 3.63) is 62.7 Å². The summed E-state index contributed by atoms with van der Waals surface area (Å²) in [6, 6.07) is 3.84. The van der Waals surface area contributed by atoms with Crippen molar-refractivity contribution < 1.29 is 36.0 Å². The van der Waals surface area contributed by atoms with E-state index in [1.54, 1.807) is 0 Å². The lowest BCUT2D eigenvalue weighted by atomic mass is 10.1.